The quantitative estimate of drug-likeness (QED) is 0.461. The van der Waals surface area contributed by atoms with E-state index in [1.54, 1.807) is 35.4 Å². The number of para-hydroxylation sites is 1. The fourth-order valence-electron chi connectivity index (χ4n) is 2.94. The molecule has 0 saturated heterocycles. The predicted octanol–water partition coefficient (Wildman–Crippen LogP) is 5.06. The molecule has 0 aliphatic heterocycles. The Labute approximate surface area is 170 Å². The molecule has 4 aromatic rings. The molecule has 2 aromatic heterocycles. The second-order valence-corrected chi connectivity index (χ2v) is 8.76. The summed E-state index contributed by atoms with van der Waals surface area (Å²) in [6.07, 6.45) is 0.584. The molecule has 0 spiro atoms. The van der Waals surface area contributed by atoms with Gasteiger partial charge in [0.15, 0.2) is 0 Å². The molecule has 2 aromatic carbocycles. The van der Waals surface area contributed by atoms with Gasteiger partial charge in [-0.3, -0.25) is 4.79 Å². The summed E-state index contributed by atoms with van der Waals surface area (Å²) in [6, 6.07) is 14.3. The van der Waals surface area contributed by atoms with Gasteiger partial charge < -0.3 is 4.90 Å². The highest BCUT2D eigenvalue weighted by molar-refractivity contribution is 7.18. The average Bonchev–Trinajstić information content (AvgIpc) is 3.25. The van der Waals surface area contributed by atoms with E-state index in [4.69, 9.17) is 0 Å². The van der Waals surface area contributed by atoms with Crippen molar-refractivity contribution in [2.75, 3.05) is 7.05 Å². The Hall–Kier alpha value is -2.64. The Kier molecular flexibility index (Phi) is 5.19. The second kappa shape index (κ2) is 7.77. The minimum atomic E-state index is -0.258. The largest absolute Gasteiger partial charge is 0.334 e. The number of hydrogen-bond donors (Lipinski definition) is 0. The zero-order valence-corrected chi connectivity index (χ0v) is 17.1. The number of aromatic nitrogens is 2. The lowest BCUT2D eigenvalue weighted by molar-refractivity contribution is 0.0789. The molecule has 142 valence electrons. The number of carbonyl (C=O) groups is 1. The van der Waals surface area contributed by atoms with Crippen LogP contribution in [0.2, 0.25) is 0 Å². The summed E-state index contributed by atoms with van der Waals surface area (Å²) < 4.78 is 14.2. The maximum atomic E-state index is 13.1. The van der Waals surface area contributed by atoms with Crippen molar-refractivity contribution in [3.05, 3.63) is 80.5 Å². The van der Waals surface area contributed by atoms with Crippen LogP contribution in [0.3, 0.4) is 0 Å². The third kappa shape index (κ3) is 3.95. The number of amides is 1. The number of carbonyl (C=O) groups excluding carboxylic acids is 1. The molecule has 28 heavy (non-hydrogen) atoms. The number of hydrogen-bond acceptors (Lipinski definition) is 5. The van der Waals surface area contributed by atoms with E-state index >= 15 is 0 Å². The van der Waals surface area contributed by atoms with Crippen molar-refractivity contribution in [1.29, 1.82) is 0 Å². The normalized spacial score (nSPS) is 11.1. The standard InChI is InChI=1S/C21H18FN3OS2/c1-13-20(28-18(23-13)11-14-7-9-15(22)10-8-14)21(26)25(2)12-19-24-16-5-3-4-6-17(16)27-19/h3-10H,11-12H2,1-2H3. The Morgan fingerprint density at radius 3 is 2.54 bits per heavy atom. The van der Waals surface area contributed by atoms with Crippen LogP contribution in [-0.4, -0.2) is 27.8 Å². The molecule has 2 heterocycles. The van der Waals surface area contributed by atoms with Gasteiger partial charge in [0.1, 0.15) is 15.7 Å². The van der Waals surface area contributed by atoms with Gasteiger partial charge in [0.25, 0.3) is 5.91 Å². The van der Waals surface area contributed by atoms with Crippen LogP contribution in [0.4, 0.5) is 4.39 Å². The van der Waals surface area contributed by atoms with Crippen LogP contribution in [-0.2, 0) is 13.0 Å². The highest BCUT2D eigenvalue weighted by Gasteiger charge is 2.20. The van der Waals surface area contributed by atoms with Crippen LogP contribution in [0.1, 0.15) is 30.9 Å². The molecule has 0 aliphatic carbocycles. The van der Waals surface area contributed by atoms with Gasteiger partial charge in [-0.15, -0.1) is 22.7 Å². The Morgan fingerprint density at radius 1 is 1.04 bits per heavy atom. The molecule has 1 amide bonds. The monoisotopic (exact) mass is 411 g/mol. The molecular formula is C21H18FN3OS2. The van der Waals surface area contributed by atoms with E-state index in [9.17, 15) is 9.18 Å². The fourth-order valence-corrected chi connectivity index (χ4v) is 5.05. The first-order valence-electron chi connectivity index (χ1n) is 8.80. The SMILES string of the molecule is Cc1nc(Cc2ccc(F)cc2)sc1C(=O)N(C)Cc1nc2ccccc2s1. The van der Waals surface area contributed by atoms with Gasteiger partial charge in [-0.25, -0.2) is 14.4 Å². The summed E-state index contributed by atoms with van der Waals surface area (Å²) >= 11 is 3.00. The molecule has 0 unspecified atom stereocenters. The number of benzene rings is 2. The summed E-state index contributed by atoms with van der Waals surface area (Å²) in [7, 11) is 1.78. The highest BCUT2D eigenvalue weighted by atomic mass is 32.1. The first kappa shape index (κ1) is 18.7. The molecule has 0 N–H and O–H groups in total. The van der Waals surface area contributed by atoms with E-state index in [-0.39, 0.29) is 11.7 Å². The van der Waals surface area contributed by atoms with Gasteiger partial charge in [0, 0.05) is 13.5 Å². The molecule has 0 aliphatic rings. The topological polar surface area (TPSA) is 46.1 Å². The number of halogens is 1. The summed E-state index contributed by atoms with van der Waals surface area (Å²) in [4.78, 5) is 24.4. The van der Waals surface area contributed by atoms with E-state index in [2.05, 4.69) is 9.97 Å². The Bertz CT molecular complexity index is 1100. The average molecular weight is 412 g/mol. The molecule has 0 saturated carbocycles. The Balaban J connectivity index is 1.49. The first-order chi connectivity index (χ1) is 13.5. The molecule has 0 radical (unpaired) electrons. The van der Waals surface area contributed by atoms with Crippen LogP contribution in [0, 0.1) is 12.7 Å². The van der Waals surface area contributed by atoms with E-state index in [0.29, 0.717) is 17.8 Å². The van der Waals surface area contributed by atoms with Gasteiger partial charge in [-0.1, -0.05) is 24.3 Å². The molecule has 4 nitrogen and oxygen atoms in total. The zero-order chi connectivity index (χ0) is 19.7. The number of nitrogens with zero attached hydrogens (tertiary/aromatic N) is 3. The van der Waals surface area contributed by atoms with Crippen LogP contribution in [0.25, 0.3) is 10.2 Å². The minimum absolute atomic E-state index is 0.0559. The first-order valence-corrected chi connectivity index (χ1v) is 10.4. The van der Waals surface area contributed by atoms with Crippen molar-refractivity contribution in [3.63, 3.8) is 0 Å². The molecule has 4 rings (SSSR count). The number of fused-ring (bicyclic) bond motifs is 1. The van der Waals surface area contributed by atoms with Crippen LogP contribution in [0.5, 0.6) is 0 Å². The number of thiazole rings is 2. The molecule has 0 fully saturated rings. The summed E-state index contributed by atoms with van der Waals surface area (Å²) in [5.41, 5.74) is 2.65. The predicted molar refractivity (Wildman–Crippen MR) is 111 cm³/mol. The summed E-state index contributed by atoms with van der Waals surface area (Å²) in [5.74, 6) is -0.314. The molecule has 0 bridgehead atoms. The maximum absolute atomic E-state index is 13.1. The van der Waals surface area contributed by atoms with Gasteiger partial charge in [0.05, 0.1) is 27.5 Å². The lowest BCUT2D eigenvalue weighted by Crippen LogP contribution is -2.25. The lowest BCUT2D eigenvalue weighted by Gasteiger charge is -2.14. The van der Waals surface area contributed by atoms with E-state index in [1.165, 1.54) is 23.5 Å². The van der Waals surface area contributed by atoms with Crippen molar-refractivity contribution in [2.45, 2.75) is 19.9 Å². The summed E-state index contributed by atoms with van der Waals surface area (Å²) in [5, 5.41) is 1.76. The smallest absolute Gasteiger partial charge is 0.265 e. The van der Waals surface area contributed by atoms with Crippen molar-refractivity contribution < 1.29 is 9.18 Å². The minimum Gasteiger partial charge on any atom is -0.334 e. The van der Waals surface area contributed by atoms with Crippen LogP contribution < -0.4 is 0 Å². The van der Waals surface area contributed by atoms with Crippen molar-refractivity contribution in [1.82, 2.24) is 14.9 Å². The number of aryl methyl sites for hydroxylation is 1. The van der Waals surface area contributed by atoms with Gasteiger partial charge >= 0.3 is 0 Å². The molecular weight excluding hydrogens is 393 g/mol. The van der Waals surface area contributed by atoms with Gasteiger partial charge in [-0.2, -0.15) is 0 Å². The Morgan fingerprint density at radius 2 is 1.79 bits per heavy atom. The third-order valence-corrected chi connectivity index (χ3v) is 6.53. The van der Waals surface area contributed by atoms with Crippen LogP contribution >= 0.6 is 22.7 Å². The third-order valence-electron chi connectivity index (χ3n) is 4.36. The molecule has 0 atom stereocenters. The van der Waals surface area contributed by atoms with Crippen molar-refractivity contribution >= 4 is 38.8 Å². The number of rotatable bonds is 5. The highest BCUT2D eigenvalue weighted by Crippen LogP contribution is 2.25. The molecule has 7 heteroatoms. The fraction of sp³-hybridized carbons (Fsp3) is 0.190. The van der Waals surface area contributed by atoms with Crippen LogP contribution in [0.15, 0.2) is 48.5 Å². The van der Waals surface area contributed by atoms with Gasteiger partial charge in [0.2, 0.25) is 0 Å². The van der Waals surface area contributed by atoms with E-state index < -0.39 is 0 Å². The van der Waals surface area contributed by atoms with E-state index in [1.807, 2.05) is 31.2 Å². The lowest BCUT2D eigenvalue weighted by atomic mass is 10.1. The van der Waals surface area contributed by atoms with Crippen molar-refractivity contribution in [2.24, 2.45) is 0 Å². The maximum Gasteiger partial charge on any atom is 0.265 e. The second-order valence-electron chi connectivity index (χ2n) is 6.56. The van der Waals surface area contributed by atoms with Crippen molar-refractivity contribution in [3.8, 4) is 0 Å². The van der Waals surface area contributed by atoms with Gasteiger partial charge in [-0.05, 0) is 36.8 Å². The summed E-state index contributed by atoms with van der Waals surface area (Å²) in [6.45, 7) is 2.31. The zero-order valence-electron chi connectivity index (χ0n) is 15.5. The van der Waals surface area contributed by atoms with E-state index in [0.717, 1.165) is 31.5 Å².